The first kappa shape index (κ1) is 13.4. The van der Waals surface area contributed by atoms with Crippen LogP contribution in [0.25, 0.3) is 0 Å². The van der Waals surface area contributed by atoms with Gasteiger partial charge in [0.05, 0.1) is 33.5 Å². The minimum atomic E-state index is -0.232. The minimum absolute atomic E-state index is 0.232. The van der Waals surface area contributed by atoms with Crippen LogP contribution in [-0.4, -0.2) is 65.0 Å². The first-order chi connectivity index (χ1) is 6.70. The third-order valence-electron chi connectivity index (χ3n) is 1.68. The number of hydrogen-bond donors (Lipinski definition) is 0. The van der Waals surface area contributed by atoms with Crippen molar-refractivity contribution in [2.75, 3.05) is 54.2 Å². The molecular formula is C9H19NO4. The van der Waals surface area contributed by atoms with Crippen molar-refractivity contribution < 1.29 is 19.0 Å². The minimum Gasteiger partial charge on any atom is -0.468 e. The summed E-state index contributed by atoms with van der Waals surface area (Å²) in [6.07, 6.45) is 0. The van der Waals surface area contributed by atoms with Gasteiger partial charge < -0.3 is 14.2 Å². The molecule has 0 aliphatic rings. The third-order valence-corrected chi connectivity index (χ3v) is 1.68. The molecule has 0 aromatic carbocycles. The van der Waals surface area contributed by atoms with E-state index in [0.29, 0.717) is 32.9 Å². The van der Waals surface area contributed by atoms with Crippen LogP contribution in [0.15, 0.2) is 0 Å². The highest BCUT2D eigenvalue weighted by molar-refractivity contribution is 5.71. The van der Waals surface area contributed by atoms with Crippen molar-refractivity contribution in [2.24, 2.45) is 0 Å². The first-order valence-corrected chi connectivity index (χ1v) is 4.52. The maximum absolute atomic E-state index is 10.8. The van der Waals surface area contributed by atoms with E-state index in [1.807, 2.05) is 11.9 Å². The fourth-order valence-electron chi connectivity index (χ4n) is 0.829. The average molecular weight is 205 g/mol. The molecule has 0 N–H and O–H groups in total. The number of ether oxygens (including phenoxy) is 3. The second-order valence-electron chi connectivity index (χ2n) is 2.92. The molecule has 0 rings (SSSR count). The first-order valence-electron chi connectivity index (χ1n) is 4.52. The Morgan fingerprint density at radius 2 is 1.93 bits per heavy atom. The van der Waals surface area contributed by atoms with Crippen LogP contribution in [0.4, 0.5) is 0 Å². The SMILES string of the molecule is COCCOCCN(C)CC(=O)OC. The lowest BCUT2D eigenvalue weighted by molar-refractivity contribution is -0.141. The molecule has 0 saturated carbocycles. The summed E-state index contributed by atoms with van der Waals surface area (Å²) in [6, 6.07) is 0. The summed E-state index contributed by atoms with van der Waals surface area (Å²) >= 11 is 0. The zero-order chi connectivity index (χ0) is 10.8. The largest absolute Gasteiger partial charge is 0.468 e. The average Bonchev–Trinajstić information content (AvgIpc) is 2.17. The zero-order valence-corrected chi connectivity index (χ0v) is 9.12. The lowest BCUT2D eigenvalue weighted by Gasteiger charge is -2.14. The van der Waals surface area contributed by atoms with Crippen LogP contribution in [0, 0.1) is 0 Å². The van der Waals surface area contributed by atoms with Crippen LogP contribution >= 0.6 is 0 Å². The Bertz CT molecular complexity index is 152. The van der Waals surface area contributed by atoms with E-state index in [1.54, 1.807) is 7.11 Å². The molecule has 0 aliphatic heterocycles. The van der Waals surface area contributed by atoms with Crippen molar-refractivity contribution in [3.8, 4) is 0 Å². The van der Waals surface area contributed by atoms with Crippen molar-refractivity contribution in [3.63, 3.8) is 0 Å². The van der Waals surface area contributed by atoms with Crippen LogP contribution < -0.4 is 0 Å². The van der Waals surface area contributed by atoms with Gasteiger partial charge in [-0.2, -0.15) is 0 Å². The molecule has 84 valence electrons. The smallest absolute Gasteiger partial charge is 0.319 e. The molecule has 0 unspecified atom stereocenters. The molecule has 5 nitrogen and oxygen atoms in total. The van der Waals surface area contributed by atoms with E-state index in [4.69, 9.17) is 9.47 Å². The van der Waals surface area contributed by atoms with E-state index in [1.165, 1.54) is 7.11 Å². The fraction of sp³-hybridized carbons (Fsp3) is 0.889. The zero-order valence-electron chi connectivity index (χ0n) is 9.12. The molecule has 5 heteroatoms. The Labute approximate surface area is 84.9 Å². The van der Waals surface area contributed by atoms with Crippen LogP contribution in [-0.2, 0) is 19.0 Å². The van der Waals surface area contributed by atoms with Crippen molar-refractivity contribution in [1.29, 1.82) is 0 Å². The van der Waals surface area contributed by atoms with Crippen molar-refractivity contribution >= 4 is 5.97 Å². The molecule has 0 atom stereocenters. The Morgan fingerprint density at radius 3 is 2.50 bits per heavy atom. The summed E-state index contributed by atoms with van der Waals surface area (Å²) in [5.41, 5.74) is 0. The van der Waals surface area contributed by atoms with Gasteiger partial charge in [-0.1, -0.05) is 0 Å². The van der Waals surface area contributed by atoms with Gasteiger partial charge in [0.2, 0.25) is 0 Å². The quantitative estimate of drug-likeness (QED) is 0.404. The normalized spacial score (nSPS) is 10.6. The number of hydrogen-bond acceptors (Lipinski definition) is 5. The van der Waals surface area contributed by atoms with E-state index < -0.39 is 0 Å². The van der Waals surface area contributed by atoms with Crippen molar-refractivity contribution in [1.82, 2.24) is 4.90 Å². The molecule has 14 heavy (non-hydrogen) atoms. The number of rotatable bonds is 8. The Morgan fingerprint density at radius 1 is 1.21 bits per heavy atom. The Hall–Kier alpha value is -0.650. The second-order valence-corrected chi connectivity index (χ2v) is 2.92. The van der Waals surface area contributed by atoms with Gasteiger partial charge in [0.25, 0.3) is 0 Å². The predicted molar refractivity (Wildman–Crippen MR) is 52.2 cm³/mol. The van der Waals surface area contributed by atoms with E-state index in [2.05, 4.69) is 4.74 Å². The van der Waals surface area contributed by atoms with Crippen molar-refractivity contribution in [3.05, 3.63) is 0 Å². The summed E-state index contributed by atoms with van der Waals surface area (Å²) in [6.45, 7) is 2.78. The van der Waals surface area contributed by atoms with Crippen LogP contribution in [0.5, 0.6) is 0 Å². The van der Waals surface area contributed by atoms with Gasteiger partial charge in [0, 0.05) is 13.7 Å². The number of likely N-dealkylation sites (N-methyl/N-ethyl adjacent to an activating group) is 1. The maximum Gasteiger partial charge on any atom is 0.319 e. The molecule has 0 aromatic heterocycles. The molecule has 0 spiro atoms. The number of nitrogens with zero attached hydrogens (tertiary/aromatic N) is 1. The topological polar surface area (TPSA) is 48.0 Å². The standard InChI is InChI=1S/C9H19NO4/c1-10(8-9(11)13-3)4-5-14-7-6-12-2/h4-8H2,1-3H3. The number of methoxy groups -OCH3 is 2. The van der Waals surface area contributed by atoms with Gasteiger partial charge >= 0.3 is 5.97 Å². The lowest BCUT2D eigenvalue weighted by Crippen LogP contribution is -2.30. The summed E-state index contributed by atoms with van der Waals surface area (Å²) in [7, 11) is 4.86. The highest BCUT2D eigenvalue weighted by atomic mass is 16.5. The lowest BCUT2D eigenvalue weighted by atomic mass is 10.5. The van der Waals surface area contributed by atoms with Crippen LogP contribution in [0.3, 0.4) is 0 Å². The molecule has 0 aromatic rings. The van der Waals surface area contributed by atoms with E-state index in [9.17, 15) is 4.79 Å². The van der Waals surface area contributed by atoms with Crippen LogP contribution in [0.2, 0.25) is 0 Å². The second kappa shape index (κ2) is 8.93. The summed E-state index contributed by atoms with van der Waals surface area (Å²) in [4.78, 5) is 12.7. The molecule has 0 radical (unpaired) electrons. The maximum atomic E-state index is 10.8. The molecular weight excluding hydrogens is 186 g/mol. The molecule has 0 amide bonds. The number of carbonyl (C=O) groups excluding carboxylic acids is 1. The summed E-state index contributed by atoms with van der Waals surface area (Å²) in [5.74, 6) is -0.232. The van der Waals surface area contributed by atoms with Gasteiger partial charge in [-0.25, -0.2) is 0 Å². The van der Waals surface area contributed by atoms with Crippen molar-refractivity contribution in [2.45, 2.75) is 0 Å². The Balaban J connectivity index is 3.26. The highest BCUT2D eigenvalue weighted by Crippen LogP contribution is 1.85. The monoisotopic (exact) mass is 205 g/mol. The molecule has 0 saturated heterocycles. The van der Waals surface area contributed by atoms with Gasteiger partial charge in [0.1, 0.15) is 0 Å². The summed E-state index contributed by atoms with van der Waals surface area (Å²) < 4.78 is 14.6. The molecule has 0 fully saturated rings. The van der Waals surface area contributed by atoms with E-state index >= 15 is 0 Å². The van der Waals surface area contributed by atoms with Gasteiger partial charge in [-0.05, 0) is 7.05 Å². The fourth-order valence-corrected chi connectivity index (χ4v) is 0.829. The molecule has 0 bridgehead atoms. The molecule has 0 heterocycles. The molecule has 0 aliphatic carbocycles. The summed E-state index contributed by atoms with van der Waals surface area (Å²) in [5, 5.41) is 0. The Kier molecular flexibility index (Phi) is 8.51. The van der Waals surface area contributed by atoms with Gasteiger partial charge in [0.15, 0.2) is 0 Å². The predicted octanol–water partition coefficient (Wildman–Crippen LogP) is -0.246. The van der Waals surface area contributed by atoms with Gasteiger partial charge in [-0.3, -0.25) is 9.69 Å². The van der Waals surface area contributed by atoms with E-state index in [-0.39, 0.29) is 5.97 Å². The van der Waals surface area contributed by atoms with Crippen LogP contribution in [0.1, 0.15) is 0 Å². The number of carbonyl (C=O) groups is 1. The highest BCUT2D eigenvalue weighted by Gasteiger charge is 2.04. The van der Waals surface area contributed by atoms with Gasteiger partial charge in [-0.15, -0.1) is 0 Å². The number of esters is 1. The third kappa shape index (κ3) is 7.97. The van der Waals surface area contributed by atoms with E-state index in [0.717, 1.165) is 0 Å².